The Morgan fingerprint density at radius 1 is 1.25 bits per heavy atom. The first kappa shape index (κ1) is 18.3. The maximum Gasteiger partial charge on any atom is 0.257 e. The standard InChI is InChI=1S/C18H26N2O4/c1-2-12-23-14-6-5-10-20(11-9-14)18(22)15-7-3-4-8-16(15)24-13-17(19)21/h3-4,7-8,14H,2,5-6,9-13H2,1H3,(H2,19,21). The van der Waals surface area contributed by atoms with Crippen LogP contribution < -0.4 is 10.5 Å². The fourth-order valence-corrected chi connectivity index (χ4v) is 2.81. The second kappa shape index (κ2) is 9.27. The van der Waals surface area contributed by atoms with Gasteiger partial charge in [-0.15, -0.1) is 0 Å². The van der Waals surface area contributed by atoms with Crippen molar-refractivity contribution >= 4 is 11.8 Å². The molecule has 0 bridgehead atoms. The molecule has 24 heavy (non-hydrogen) atoms. The molecule has 1 aliphatic heterocycles. The highest BCUT2D eigenvalue weighted by atomic mass is 16.5. The van der Waals surface area contributed by atoms with Gasteiger partial charge in [0.15, 0.2) is 6.61 Å². The van der Waals surface area contributed by atoms with E-state index < -0.39 is 5.91 Å². The molecule has 132 valence electrons. The molecule has 0 spiro atoms. The topological polar surface area (TPSA) is 81.9 Å². The number of para-hydroxylation sites is 1. The van der Waals surface area contributed by atoms with Gasteiger partial charge in [0.05, 0.1) is 11.7 Å². The van der Waals surface area contributed by atoms with E-state index in [0.717, 1.165) is 32.3 Å². The van der Waals surface area contributed by atoms with Crippen LogP contribution in [0, 0.1) is 0 Å². The van der Waals surface area contributed by atoms with Crippen LogP contribution in [-0.2, 0) is 9.53 Å². The van der Waals surface area contributed by atoms with E-state index in [1.807, 2.05) is 4.90 Å². The number of amides is 2. The summed E-state index contributed by atoms with van der Waals surface area (Å²) in [5.41, 5.74) is 5.58. The van der Waals surface area contributed by atoms with Gasteiger partial charge < -0.3 is 20.1 Å². The van der Waals surface area contributed by atoms with Crippen LogP contribution in [0.4, 0.5) is 0 Å². The molecule has 0 saturated carbocycles. The molecule has 2 amide bonds. The van der Waals surface area contributed by atoms with Crippen molar-refractivity contribution in [3.8, 4) is 5.75 Å². The third-order valence-corrected chi connectivity index (χ3v) is 4.01. The summed E-state index contributed by atoms with van der Waals surface area (Å²) in [6.07, 6.45) is 3.97. The highest BCUT2D eigenvalue weighted by Crippen LogP contribution is 2.22. The van der Waals surface area contributed by atoms with Gasteiger partial charge in [-0.1, -0.05) is 19.1 Å². The second-order valence-electron chi connectivity index (χ2n) is 5.97. The lowest BCUT2D eigenvalue weighted by molar-refractivity contribution is -0.119. The summed E-state index contributed by atoms with van der Waals surface area (Å²) in [4.78, 5) is 25.6. The van der Waals surface area contributed by atoms with Crippen molar-refractivity contribution in [1.82, 2.24) is 4.90 Å². The molecular formula is C18H26N2O4. The molecule has 1 saturated heterocycles. The van der Waals surface area contributed by atoms with Gasteiger partial charge in [-0.25, -0.2) is 0 Å². The fourth-order valence-electron chi connectivity index (χ4n) is 2.81. The number of likely N-dealkylation sites (tertiary alicyclic amines) is 1. The summed E-state index contributed by atoms with van der Waals surface area (Å²) < 4.78 is 11.2. The normalized spacial score (nSPS) is 18.0. The summed E-state index contributed by atoms with van der Waals surface area (Å²) in [5.74, 6) is -0.251. The number of primary amides is 1. The summed E-state index contributed by atoms with van der Waals surface area (Å²) in [6, 6.07) is 6.95. The number of nitrogens with zero attached hydrogens (tertiary/aromatic N) is 1. The number of hydrogen-bond donors (Lipinski definition) is 1. The molecule has 1 aromatic rings. The zero-order chi connectivity index (χ0) is 17.4. The Kier molecular flexibility index (Phi) is 7.06. The van der Waals surface area contributed by atoms with Gasteiger partial charge >= 0.3 is 0 Å². The largest absolute Gasteiger partial charge is 0.483 e. The summed E-state index contributed by atoms with van der Waals surface area (Å²) >= 11 is 0. The Hall–Kier alpha value is -2.08. The molecule has 0 aliphatic carbocycles. The van der Waals surface area contributed by atoms with Gasteiger partial charge in [0.25, 0.3) is 11.8 Å². The quantitative estimate of drug-likeness (QED) is 0.826. The number of ether oxygens (including phenoxy) is 2. The van der Waals surface area contributed by atoms with E-state index in [4.69, 9.17) is 15.2 Å². The van der Waals surface area contributed by atoms with Crippen LogP contribution in [0.2, 0.25) is 0 Å². The smallest absolute Gasteiger partial charge is 0.257 e. The van der Waals surface area contributed by atoms with Gasteiger partial charge in [-0.2, -0.15) is 0 Å². The highest BCUT2D eigenvalue weighted by Gasteiger charge is 2.24. The van der Waals surface area contributed by atoms with Gasteiger partial charge in [0, 0.05) is 19.7 Å². The summed E-state index contributed by atoms with van der Waals surface area (Å²) in [6.45, 7) is 3.99. The number of rotatable bonds is 7. The van der Waals surface area contributed by atoms with E-state index in [1.54, 1.807) is 24.3 Å². The highest BCUT2D eigenvalue weighted by molar-refractivity contribution is 5.97. The summed E-state index contributed by atoms with van der Waals surface area (Å²) in [5, 5.41) is 0. The van der Waals surface area contributed by atoms with Crippen molar-refractivity contribution in [2.75, 3.05) is 26.3 Å². The van der Waals surface area contributed by atoms with Crippen LogP contribution in [0.15, 0.2) is 24.3 Å². The maximum absolute atomic E-state index is 12.8. The minimum Gasteiger partial charge on any atom is -0.483 e. The second-order valence-corrected chi connectivity index (χ2v) is 5.97. The van der Waals surface area contributed by atoms with Crippen molar-refractivity contribution in [3.05, 3.63) is 29.8 Å². The number of carbonyl (C=O) groups is 2. The first-order valence-corrected chi connectivity index (χ1v) is 8.52. The van der Waals surface area contributed by atoms with Gasteiger partial charge in [-0.05, 0) is 37.8 Å². The zero-order valence-electron chi connectivity index (χ0n) is 14.2. The summed E-state index contributed by atoms with van der Waals surface area (Å²) in [7, 11) is 0. The molecule has 1 atom stereocenters. The minimum atomic E-state index is -0.567. The maximum atomic E-state index is 12.8. The van der Waals surface area contributed by atoms with Crippen molar-refractivity contribution in [1.29, 1.82) is 0 Å². The lowest BCUT2D eigenvalue weighted by Crippen LogP contribution is -2.33. The van der Waals surface area contributed by atoms with E-state index in [0.29, 0.717) is 24.4 Å². The van der Waals surface area contributed by atoms with E-state index in [1.165, 1.54) is 0 Å². The Balaban J connectivity index is 2.02. The third-order valence-electron chi connectivity index (χ3n) is 4.01. The number of nitrogens with two attached hydrogens (primary N) is 1. The molecule has 0 aromatic heterocycles. The van der Waals surface area contributed by atoms with Crippen molar-refractivity contribution < 1.29 is 19.1 Å². The van der Waals surface area contributed by atoms with E-state index >= 15 is 0 Å². The van der Waals surface area contributed by atoms with Crippen LogP contribution in [0.5, 0.6) is 5.75 Å². The van der Waals surface area contributed by atoms with Gasteiger partial charge in [0.2, 0.25) is 0 Å². The first-order valence-electron chi connectivity index (χ1n) is 8.52. The molecule has 1 heterocycles. The van der Waals surface area contributed by atoms with Gasteiger partial charge in [-0.3, -0.25) is 9.59 Å². The molecule has 1 unspecified atom stereocenters. The number of benzene rings is 1. The average Bonchev–Trinajstić information content (AvgIpc) is 2.83. The van der Waals surface area contributed by atoms with Crippen molar-refractivity contribution in [3.63, 3.8) is 0 Å². The van der Waals surface area contributed by atoms with Crippen molar-refractivity contribution in [2.24, 2.45) is 5.73 Å². The van der Waals surface area contributed by atoms with Crippen LogP contribution >= 0.6 is 0 Å². The molecule has 1 fully saturated rings. The predicted octanol–water partition coefficient (Wildman–Crippen LogP) is 1.97. The molecule has 2 rings (SSSR count). The molecule has 6 heteroatoms. The van der Waals surface area contributed by atoms with Crippen LogP contribution in [0.25, 0.3) is 0 Å². The third kappa shape index (κ3) is 5.23. The zero-order valence-corrected chi connectivity index (χ0v) is 14.2. The first-order chi connectivity index (χ1) is 11.6. The molecule has 2 N–H and O–H groups in total. The van der Waals surface area contributed by atoms with E-state index in [-0.39, 0.29) is 18.6 Å². The fraction of sp³-hybridized carbons (Fsp3) is 0.556. The molecular weight excluding hydrogens is 308 g/mol. The average molecular weight is 334 g/mol. The molecule has 1 aliphatic rings. The monoisotopic (exact) mass is 334 g/mol. The van der Waals surface area contributed by atoms with E-state index in [2.05, 4.69) is 6.92 Å². The molecule has 0 radical (unpaired) electrons. The Labute approximate surface area is 142 Å². The molecule has 1 aromatic carbocycles. The SMILES string of the molecule is CCCOC1CCCN(C(=O)c2ccccc2OCC(N)=O)CC1. The van der Waals surface area contributed by atoms with Crippen molar-refractivity contribution in [2.45, 2.75) is 38.7 Å². The van der Waals surface area contributed by atoms with Crippen LogP contribution in [0.1, 0.15) is 43.0 Å². The Bertz CT molecular complexity index is 562. The molecule has 6 nitrogen and oxygen atoms in total. The predicted molar refractivity (Wildman–Crippen MR) is 90.9 cm³/mol. The minimum absolute atomic E-state index is 0.0776. The number of carbonyl (C=O) groups excluding carboxylic acids is 2. The van der Waals surface area contributed by atoms with E-state index in [9.17, 15) is 9.59 Å². The lowest BCUT2D eigenvalue weighted by Gasteiger charge is -2.22. The lowest BCUT2D eigenvalue weighted by atomic mass is 10.1. The van der Waals surface area contributed by atoms with Crippen LogP contribution in [0.3, 0.4) is 0 Å². The Morgan fingerprint density at radius 2 is 2.04 bits per heavy atom. The number of hydrogen-bond acceptors (Lipinski definition) is 4. The Morgan fingerprint density at radius 3 is 2.79 bits per heavy atom. The van der Waals surface area contributed by atoms with Gasteiger partial charge in [0.1, 0.15) is 5.75 Å². The van der Waals surface area contributed by atoms with Crippen LogP contribution in [-0.4, -0.2) is 49.1 Å².